The van der Waals surface area contributed by atoms with Gasteiger partial charge in [0.05, 0.1) is 11.1 Å². The number of nitrogens with zero attached hydrogens (tertiary/aromatic N) is 1. The number of rotatable bonds is 12. The zero-order valence-corrected chi connectivity index (χ0v) is 24.4. The summed E-state index contributed by atoms with van der Waals surface area (Å²) in [7, 11) is -4.10. The van der Waals surface area contributed by atoms with E-state index in [1.165, 1.54) is 23.9 Å². The average Bonchev–Trinajstić information content (AvgIpc) is 2.99. The normalized spacial score (nSPS) is 11.9. The smallest absolute Gasteiger partial charge is 0.264 e. The van der Waals surface area contributed by atoms with E-state index < -0.39 is 27.9 Å². The SMILES string of the molecule is CSCCC(NC(=O)c1ccc(COc2cccnc2)cc1-c1ccccc1C)C(=O)NS(=O)(=O)c1ccccc1. The Hall–Kier alpha value is -4.15. The number of hydrogen-bond donors (Lipinski definition) is 2. The van der Waals surface area contributed by atoms with Crippen LogP contribution in [0.2, 0.25) is 0 Å². The molecule has 10 heteroatoms. The number of thioether (sulfide) groups is 1. The van der Waals surface area contributed by atoms with Crippen molar-refractivity contribution >= 4 is 33.6 Å². The number of aryl methyl sites for hydroxylation is 1. The topological polar surface area (TPSA) is 114 Å². The molecule has 0 radical (unpaired) electrons. The minimum atomic E-state index is -4.10. The largest absolute Gasteiger partial charge is 0.487 e. The number of nitrogens with one attached hydrogen (secondary N) is 2. The molecule has 1 unspecified atom stereocenters. The molecule has 0 saturated heterocycles. The molecule has 41 heavy (non-hydrogen) atoms. The van der Waals surface area contributed by atoms with Crippen LogP contribution in [0.4, 0.5) is 0 Å². The number of carbonyl (C=O) groups is 2. The fourth-order valence-electron chi connectivity index (χ4n) is 4.18. The number of amides is 2. The molecule has 0 aliphatic carbocycles. The van der Waals surface area contributed by atoms with Crippen molar-refractivity contribution in [1.29, 1.82) is 0 Å². The molecule has 8 nitrogen and oxygen atoms in total. The number of carbonyl (C=O) groups excluding carboxylic acids is 2. The highest BCUT2D eigenvalue weighted by atomic mass is 32.2. The summed E-state index contributed by atoms with van der Waals surface area (Å²) < 4.78 is 33.6. The maximum absolute atomic E-state index is 13.7. The zero-order chi connectivity index (χ0) is 29.2. The molecule has 4 rings (SSSR count). The first-order valence-corrected chi connectivity index (χ1v) is 15.8. The summed E-state index contributed by atoms with van der Waals surface area (Å²) >= 11 is 1.49. The lowest BCUT2D eigenvalue weighted by molar-refractivity contribution is -0.121. The Labute approximate surface area is 244 Å². The number of benzene rings is 3. The van der Waals surface area contributed by atoms with Crippen molar-refractivity contribution < 1.29 is 22.7 Å². The van der Waals surface area contributed by atoms with Gasteiger partial charge >= 0.3 is 0 Å². The fourth-order valence-corrected chi connectivity index (χ4v) is 5.69. The molecule has 0 aliphatic rings. The summed E-state index contributed by atoms with van der Waals surface area (Å²) in [5, 5.41) is 2.78. The monoisotopic (exact) mass is 589 g/mol. The summed E-state index contributed by atoms with van der Waals surface area (Å²) in [6, 6.07) is 23.3. The van der Waals surface area contributed by atoms with Crippen LogP contribution >= 0.6 is 11.8 Å². The van der Waals surface area contributed by atoms with Crippen molar-refractivity contribution in [3.05, 3.63) is 114 Å². The Balaban J connectivity index is 1.61. The van der Waals surface area contributed by atoms with Crippen molar-refractivity contribution in [2.24, 2.45) is 0 Å². The molecule has 212 valence electrons. The standard InChI is InChI=1S/C31H31N3O5S2/c1-22-9-6-7-13-26(22)28-19-23(21-39-24-10-8-17-32-20-24)14-15-27(28)30(35)33-29(16-18-40-2)31(36)34-41(37,38)25-11-4-3-5-12-25/h3-15,17,19-20,29H,16,18,21H2,1-2H3,(H,33,35)(H,34,36). The Bertz CT molecular complexity index is 1600. The lowest BCUT2D eigenvalue weighted by Gasteiger charge is -2.20. The van der Waals surface area contributed by atoms with E-state index in [9.17, 15) is 18.0 Å². The Morgan fingerprint density at radius 3 is 2.41 bits per heavy atom. The lowest BCUT2D eigenvalue weighted by Crippen LogP contribution is -2.48. The van der Waals surface area contributed by atoms with E-state index in [-0.39, 0.29) is 17.9 Å². The Morgan fingerprint density at radius 1 is 0.951 bits per heavy atom. The van der Waals surface area contributed by atoms with E-state index in [2.05, 4.69) is 15.0 Å². The number of sulfonamides is 1. The van der Waals surface area contributed by atoms with E-state index in [0.717, 1.165) is 16.7 Å². The van der Waals surface area contributed by atoms with Crippen LogP contribution in [0.5, 0.6) is 5.75 Å². The molecule has 1 heterocycles. The molecular weight excluding hydrogens is 558 g/mol. The van der Waals surface area contributed by atoms with Crippen LogP contribution in [0.3, 0.4) is 0 Å². The van der Waals surface area contributed by atoms with Gasteiger partial charge in [0, 0.05) is 11.8 Å². The summed E-state index contributed by atoms with van der Waals surface area (Å²) in [5.41, 5.74) is 3.70. The van der Waals surface area contributed by atoms with E-state index in [1.807, 2.05) is 49.6 Å². The molecule has 0 bridgehead atoms. The minimum absolute atomic E-state index is 0.0331. The minimum Gasteiger partial charge on any atom is -0.487 e. The van der Waals surface area contributed by atoms with Crippen molar-refractivity contribution in [3.63, 3.8) is 0 Å². The summed E-state index contributed by atoms with van der Waals surface area (Å²) in [5.74, 6) is -0.115. The Kier molecular flexibility index (Phi) is 10.2. The number of aromatic nitrogens is 1. The van der Waals surface area contributed by atoms with E-state index in [4.69, 9.17) is 4.74 Å². The molecule has 0 aliphatic heterocycles. The van der Waals surface area contributed by atoms with E-state index >= 15 is 0 Å². The van der Waals surface area contributed by atoms with E-state index in [1.54, 1.807) is 48.8 Å². The van der Waals surface area contributed by atoms with Gasteiger partial charge in [0.25, 0.3) is 21.8 Å². The molecule has 0 fully saturated rings. The fraction of sp³-hybridized carbons (Fsp3) is 0.194. The molecule has 2 amide bonds. The van der Waals surface area contributed by atoms with Gasteiger partial charge in [0.15, 0.2) is 0 Å². The third kappa shape index (κ3) is 7.96. The van der Waals surface area contributed by atoms with Crippen LogP contribution in [0, 0.1) is 6.92 Å². The van der Waals surface area contributed by atoms with Crippen LogP contribution in [-0.4, -0.2) is 43.3 Å². The zero-order valence-electron chi connectivity index (χ0n) is 22.7. The van der Waals surface area contributed by atoms with Gasteiger partial charge in [0.2, 0.25) is 0 Å². The van der Waals surface area contributed by atoms with Crippen LogP contribution in [0.1, 0.15) is 27.9 Å². The van der Waals surface area contributed by atoms with Gasteiger partial charge in [-0.3, -0.25) is 14.6 Å². The number of hydrogen-bond acceptors (Lipinski definition) is 7. The summed E-state index contributed by atoms with van der Waals surface area (Å²) in [6.07, 6.45) is 5.42. The van der Waals surface area contributed by atoms with Gasteiger partial charge in [0.1, 0.15) is 18.4 Å². The first kappa shape index (κ1) is 29.8. The average molecular weight is 590 g/mol. The van der Waals surface area contributed by atoms with Crippen molar-refractivity contribution in [3.8, 4) is 16.9 Å². The molecular formula is C31H31N3O5S2. The van der Waals surface area contributed by atoms with Gasteiger partial charge in [-0.2, -0.15) is 11.8 Å². The van der Waals surface area contributed by atoms with Crippen LogP contribution in [0.15, 0.2) is 102 Å². The maximum atomic E-state index is 13.7. The highest BCUT2D eigenvalue weighted by Gasteiger charge is 2.27. The quantitative estimate of drug-likeness (QED) is 0.239. The first-order chi connectivity index (χ1) is 19.8. The van der Waals surface area contributed by atoms with Crippen molar-refractivity contribution in [2.45, 2.75) is 30.9 Å². The molecule has 2 N–H and O–H groups in total. The molecule has 0 spiro atoms. The van der Waals surface area contributed by atoms with Gasteiger partial charge in [-0.1, -0.05) is 48.5 Å². The van der Waals surface area contributed by atoms with E-state index in [0.29, 0.717) is 22.6 Å². The molecule has 4 aromatic rings. The van der Waals surface area contributed by atoms with Crippen molar-refractivity contribution in [1.82, 2.24) is 15.0 Å². The van der Waals surface area contributed by atoms with Gasteiger partial charge < -0.3 is 10.1 Å². The predicted octanol–water partition coefficient (Wildman–Crippen LogP) is 4.99. The number of ether oxygens (including phenoxy) is 1. The lowest BCUT2D eigenvalue weighted by atomic mass is 9.93. The second-order valence-corrected chi connectivity index (χ2v) is 11.9. The van der Waals surface area contributed by atoms with Gasteiger partial charge in [-0.25, -0.2) is 13.1 Å². The molecule has 0 saturated carbocycles. The van der Waals surface area contributed by atoms with Gasteiger partial charge in [-0.15, -0.1) is 0 Å². The highest BCUT2D eigenvalue weighted by molar-refractivity contribution is 7.98. The Morgan fingerprint density at radius 2 is 1.71 bits per heavy atom. The van der Waals surface area contributed by atoms with Gasteiger partial charge in [-0.05, 0) is 84.0 Å². The third-order valence-corrected chi connectivity index (χ3v) is 8.33. The summed E-state index contributed by atoms with van der Waals surface area (Å²) in [4.78, 5) is 30.8. The van der Waals surface area contributed by atoms with Crippen LogP contribution in [0.25, 0.3) is 11.1 Å². The first-order valence-electron chi connectivity index (χ1n) is 12.9. The molecule has 1 atom stereocenters. The second-order valence-electron chi connectivity index (χ2n) is 9.26. The molecule has 3 aromatic carbocycles. The van der Waals surface area contributed by atoms with Crippen LogP contribution < -0.4 is 14.8 Å². The van der Waals surface area contributed by atoms with Crippen molar-refractivity contribution in [2.75, 3.05) is 12.0 Å². The summed E-state index contributed by atoms with van der Waals surface area (Å²) in [6.45, 7) is 2.22. The maximum Gasteiger partial charge on any atom is 0.264 e. The molecule has 1 aromatic heterocycles. The predicted molar refractivity (Wildman–Crippen MR) is 161 cm³/mol. The second kappa shape index (κ2) is 14.0. The highest BCUT2D eigenvalue weighted by Crippen LogP contribution is 2.29. The number of pyridine rings is 1. The third-order valence-electron chi connectivity index (χ3n) is 6.32. The van der Waals surface area contributed by atoms with Crippen LogP contribution in [-0.2, 0) is 21.4 Å².